The number of ether oxygens (including phenoxy) is 3. The first-order valence-electron chi connectivity index (χ1n) is 15.9. The Morgan fingerprint density at radius 1 is 0.840 bits per heavy atom. The Labute approximate surface area is 297 Å². The van der Waals surface area contributed by atoms with Crippen LogP contribution in [-0.4, -0.2) is 65.1 Å². The van der Waals surface area contributed by atoms with Crippen molar-refractivity contribution in [1.82, 2.24) is 10.2 Å². The van der Waals surface area contributed by atoms with Gasteiger partial charge in [-0.3, -0.25) is 13.9 Å². The summed E-state index contributed by atoms with van der Waals surface area (Å²) in [6.45, 7) is 2.90. The van der Waals surface area contributed by atoms with Gasteiger partial charge < -0.3 is 24.4 Å². The normalized spacial score (nSPS) is 12.4. The van der Waals surface area contributed by atoms with Gasteiger partial charge in [0.1, 0.15) is 24.2 Å². The number of carbonyl (C=O) groups excluding carboxylic acids is 2. The van der Waals surface area contributed by atoms with Crippen molar-refractivity contribution in [3.05, 3.63) is 113 Å². The number of hydrogen-bond acceptors (Lipinski definition) is 7. The number of benzene rings is 4. The monoisotopic (exact) mass is 725 g/mol. The molecule has 2 amide bonds. The van der Waals surface area contributed by atoms with E-state index < -0.39 is 40.2 Å². The molecule has 4 aromatic carbocycles. The van der Waals surface area contributed by atoms with E-state index in [2.05, 4.69) is 5.32 Å². The first kappa shape index (κ1) is 38.0. The van der Waals surface area contributed by atoms with Crippen LogP contribution >= 0.6 is 11.6 Å². The molecule has 4 rings (SSSR count). The van der Waals surface area contributed by atoms with E-state index in [0.717, 1.165) is 9.87 Å². The standard InChI is InChI=1S/C37H41ClFN3O7S/c1-6-25(2)40-37(44)32(20-26-10-8-7-9-11-26)41(23-27-12-15-29(39)16-13-27)36(43)24-42(31-21-28(38)14-18-33(31)47-3)50(45,46)30-17-19-34(48-4)35(22-30)49-5/h7-19,21-22,25,32H,6,20,23-24H2,1-5H3,(H,40,44)/t25-,32-/m0/s1. The van der Waals surface area contributed by atoms with E-state index in [-0.39, 0.29) is 46.1 Å². The maximum absolute atomic E-state index is 14.7. The van der Waals surface area contributed by atoms with Gasteiger partial charge in [0.05, 0.1) is 31.9 Å². The summed E-state index contributed by atoms with van der Waals surface area (Å²) in [5, 5.41) is 3.18. The number of methoxy groups -OCH3 is 3. The summed E-state index contributed by atoms with van der Waals surface area (Å²) in [6.07, 6.45) is 0.764. The molecule has 0 saturated heterocycles. The molecule has 2 atom stereocenters. The van der Waals surface area contributed by atoms with E-state index in [0.29, 0.717) is 17.7 Å². The van der Waals surface area contributed by atoms with Crippen molar-refractivity contribution in [3.63, 3.8) is 0 Å². The second-order valence-corrected chi connectivity index (χ2v) is 13.8. The molecule has 0 saturated carbocycles. The third-order valence-electron chi connectivity index (χ3n) is 8.17. The Morgan fingerprint density at radius 3 is 2.10 bits per heavy atom. The highest BCUT2D eigenvalue weighted by Crippen LogP contribution is 2.37. The van der Waals surface area contributed by atoms with Crippen molar-refractivity contribution in [2.75, 3.05) is 32.2 Å². The van der Waals surface area contributed by atoms with Crippen molar-refractivity contribution in [2.45, 2.75) is 50.2 Å². The zero-order valence-corrected chi connectivity index (χ0v) is 30.1. The number of sulfonamides is 1. The van der Waals surface area contributed by atoms with Gasteiger partial charge in [-0.05, 0) is 66.9 Å². The van der Waals surface area contributed by atoms with Crippen LogP contribution in [0.25, 0.3) is 0 Å². The van der Waals surface area contributed by atoms with Crippen LogP contribution in [0, 0.1) is 5.82 Å². The quantitative estimate of drug-likeness (QED) is 0.145. The van der Waals surface area contributed by atoms with Gasteiger partial charge in [-0.2, -0.15) is 0 Å². The van der Waals surface area contributed by atoms with Gasteiger partial charge in [0.15, 0.2) is 11.5 Å². The van der Waals surface area contributed by atoms with E-state index in [9.17, 15) is 22.4 Å². The van der Waals surface area contributed by atoms with Crippen LogP contribution in [0.4, 0.5) is 10.1 Å². The van der Waals surface area contributed by atoms with Gasteiger partial charge in [-0.25, -0.2) is 12.8 Å². The van der Waals surface area contributed by atoms with E-state index in [1.54, 1.807) is 0 Å². The Kier molecular flexibility index (Phi) is 13.1. The van der Waals surface area contributed by atoms with Gasteiger partial charge in [0.25, 0.3) is 10.0 Å². The minimum absolute atomic E-state index is 0.00599. The lowest BCUT2D eigenvalue weighted by molar-refractivity contribution is -0.140. The number of rotatable bonds is 16. The van der Waals surface area contributed by atoms with E-state index in [1.807, 2.05) is 44.2 Å². The van der Waals surface area contributed by atoms with Gasteiger partial charge in [-0.1, -0.05) is 61.0 Å². The van der Waals surface area contributed by atoms with E-state index in [1.165, 1.54) is 86.9 Å². The van der Waals surface area contributed by atoms with Crippen LogP contribution in [0.2, 0.25) is 5.02 Å². The zero-order valence-electron chi connectivity index (χ0n) is 28.6. The van der Waals surface area contributed by atoms with Crippen LogP contribution in [0.3, 0.4) is 0 Å². The van der Waals surface area contributed by atoms with Gasteiger partial charge >= 0.3 is 0 Å². The largest absolute Gasteiger partial charge is 0.495 e. The minimum atomic E-state index is -4.53. The fourth-order valence-corrected chi connectivity index (χ4v) is 6.86. The number of nitrogens with one attached hydrogen (secondary N) is 1. The van der Waals surface area contributed by atoms with E-state index in [4.69, 9.17) is 25.8 Å². The number of halogens is 2. The maximum Gasteiger partial charge on any atom is 0.265 e. The molecule has 0 aromatic heterocycles. The highest BCUT2D eigenvalue weighted by atomic mass is 35.5. The van der Waals surface area contributed by atoms with Crippen LogP contribution in [-0.2, 0) is 32.6 Å². The third-order valence-corrected chi connectivity index (χ3v) is 10.2. The van der Waals surface area contributed by atoms with E-state index >= 15 is 0 Å². The summed E-state index contributed by atoms with van der Waals surface area (Å²) in [5.41, 5.74) is 1.30. The van der Waals surface area contributed by atoms with Gasteiger partial charge in [-0.15, -0.1) is 0 Å². The molecule has 0 spiro atoms. The molecule has 1 N–H and O–H groups in total. The highest BCUT2D eigenvalue weighted by Gasteiger charge is 2.36. The molecule has 0 bridgehead atoms. The summed E-state index contributed by atoms with van der Waals surface area (Å²) in [4.78, 5) is 29.8. The molecular formula is C37H41ClFN3O7S. The molecule has 266 valence electrons. The second-order valence-electron chi connectivity index (χ2n) is 11.5. The Hall–Kier alpha value is -4.81. The van der Waals surface area contributed by atoms with Crippen LogP contribution in [0.15, 0.2) is 95.9 Å². The molecule has 10 nitrogen and oxygen atoms in total. The first-order chi connectivity index (χ1) is 23.9. The zero-order chi connectivity index (χ0) is 36.4. The Bertz CT molecular complexity index is 1880. The number of hydrogen-bond donors (Lipinski definition) is 1. The summed E-state index contributed by atoms with van der Waals surface area (Å²) in [6, 6.07) is 21.9. The van der Waals surface area contributed by atoms with Crippen LogP contribution < -0.4 is 23.8 Å². The number of carbonyl (C=O) groups is 2. The summed E-state index contributed by atoms with van der Waals surface area (Å²) in [5.74, 6) is -1.01. The molecule has 0 unspecified atom stereocenters. The lowest BCUT2D eigenvalue weighted by Gasteiger charge is -2.34. The number of amides is 2. The predicted octanol–water partition coefficient (Wildman–Crippen LogP) is 6.26. The smallest absolute Gasteiger partial charge is 0.265 e. The maximum atomic E-state index is 14.7. The van der Waals surface area contributed by atoms with Crippen LogP contribution in [0.1, 0.15) is 31.4 Å². The molecule has 0 aliphatic heterocycles. The summed E-state index contributed by atoms with van der Waals surface area (Å²) in [7, 11) is -0.369. The molecule has 0 fully saturated rings. The minimum Gasteiger partial charge on any atom is -0.495 e. The Morgan fingerprint density at radius 2 is 1.48 bits per heavy atom. The average molecular weight is 726 g/mol. The van der Waals surface area contributed by atoms with Gasteiger partial charge in [0.2, 0.25) is 11.8 Å². The predicted molar refractivity (Wildman–Crippen MR) is 191 cm³/mol. The fourth-order valence-electron chi connectivity index (χ4n) is 5.26. The molecule has 4 aromatic rings. The molecule has 0 heterocycles. The van der Waals surface area contributed by atoms with Gasteiger partial charge in [0, 0.05) is 30.1 Å². The lowest BCUT2D eigenvalue weighted by Crippen LogP contribution is -2.54. The molecule has 0 aliphatic carbocycles. The van der Waals surface area contributed by atoms with Crippen molar-refractivity contribution >= 4 is 39.1 Å². The molecule has 50 heavy (non-hydrogen) atoms. The third kappa shape index (κ3) is 9.25. The van der Waals surface area contributed by atoms with Crippen molar-refractivity contribution in [1.29, 1.82) is 0 Å². The molecule has 0 radical (unpaired) electrons. The van der Waals surface area contributed by atoms with Crippen molar-refractivity contribution in [3.8, 4) is 17.2 Å². The topological polar surface area (TPSA) is 114 Å². The summed E-state index contributed by atoms with van der Waals surface area (Å²) >= 11 is 6.37. The summed E-state index contributed by atoms with van der Waals surface area (Å²) < 4.78 is 60.1. The SMILES string of the molecule is CC[C@H](C)NC(=O)[C@H](Cc1ccccc1)N(Cc1ccc(F)cc1)C(=O)CN(c1cc(Cl)ccc1OC)S(=O)(=O)c1ccc(OC)c(OC)c1. The van der Waals surface area contributed by atoms with Crippen molar-refractivity contribution in [2.24, 2.45) is 0 Å². The highest BCUT2D eigenvalue weighted by molar-refractivity contribution is 7.92. The Balaban J connectivity index is 1.88. The average Bonchev–Trinajstić information content (AvgIpc) is 3.12. The van der Waals surface area contributed by atoms with Crippen molar-refractivity contribution < 1.29 is 36.6 Å². The van der Waals surface area contributed by atoms with Crippen LogP contribution in [0.5, 0.6) is 17.2 Å². The first-order valence-corrected chi connectivity index (χ1v) is 17.7. The molecule has 0 aliphatic rings. The molecule has 13 heteroatoms. The second kappa shape index (κ2) is 17.2. The number of anilines is 1. The lowest BCUT2D eigenvalue weighted by atomic mass is 10.0. The fraction of sp³-hybridized carbons (Fsp3) is 0.297. The molecular weight excluding hydrogens is 685 g/mol. The number of nitrogens with zero attached hydrogens (tertiary/aromatic N) is 2.